The molecule has 1 aliphatic rings. The highest BCUT2D eigenvalue weighted by Crippen LogP contribution is 2.12. The molecule has 1 aromatic carbocycles. The van der Waals surface area contributed by atoms with E-state index in [4.69, 9.17) is 9.47 Å². The Bertz CT molecular complexity index is 528. The van der Waals surface area contributed by atoms with E-state index in [9.17, 15) is 9.18 Å². The van der Waals surface area contributed by atoms with Crippen LogP contribution < -0.4 is 10.6 Å². The highest BCUT2D eigenvalue weighted by Gasteiger charge is 2.27. The second-order valence-corrected chi connectivity index (χ2v) is 6.10. The summed E-state index contributed by atoms with van der Waals surface area (Å²) in [4.78, 5) is 14.1. The number of nitrogens with one attached hydrogen (secondary N) is 2. The Morgan fingerprint density at radius 3 is 2.96 bits per heavy atom. The molecule has 1 saturated heterocycles. The molecule has 2 atom stereocenters. The van der Waals surface area contributed by atoms with Crippen molar-refractivity contribution in [3.63, 3.8) is 0 Å². The first-order valence-electron chi connectivity index (χ1n) is 8.18. The number of urea groups is 1. The van der Waals surface area contributed by atoms with E-state index in [1.807, 2.05) is 19.0 Å². The van der Waals surface area contributed by atoms with E-state index < -0.39 is 0 Å². The predicted molar refractivity (Wildman–Crippen MR) is 89.3 cm³/mol. The van der Waals surface area contributed by atoms with Gasteiger partial charge in [-0.05, 0) is 26.6 Å². The Morgan fingerprint density at radius 2 is 2.21 bits per heavy atom. The fourth-order valence-electron chi connectivity index (χ4n) is 2.46. The number of halogens is 1. The first-order valence-corrected chi connectivity index (χ1v) is 8.18. The van der Waals surface area contributed by atoms with Gasteiger partial charge in [0.25, 0.3) is 0 Å². The first kappa shape index (κ1) is 18.6. The number of carbonyl (C=O) groups is 1. The average molecular weight is 339 g/mol. The van der Waals surface area contributed by atoms with Gasteiger partial charge in [-0.1, -0.05) is 18.2 Å². The Balaban J connectivity index is 1.78. The minimum Gasteiger partial charge on any atom is -0.379 e. The molecule has 2 N–H and O–H groups in total. The molecular formula is C17H26FN3O3. The maximum Gasteiger partial charge on any atom is 0.315 e. The van der Waals surface area contributed by atoms with Crippen LogP contribution in [-0.4, -0.2) is 63.5 Å². The molecule has 0 radical (unpaired) electrons. The zero-order chi connectivity index (χ0) is 17.4. The highest BCUT2D eigenvalue weighted by atomic mass is 19.1. The second-order valence-electron chi connectivity index (χ2n) is 6.10. The van der Waals surface area contributed by atoms with Gasteiger partial charge in [0.15, 0.2) is 0 Å². The maximum atomic E-state index is 13.6. The molecule has 0 aliphatic carbocycles. The predicted octanol–water partition coefficient (Wildman–Crippen LogP) is 1.36. The number of hydrogen-bond donors (Lipinski definition) is 2. The van der Waals surface area contributed by atoms with Crippen LogP contribution in [0.3, 0.4) is 0 Å². The van der Waals surface area contributed by atoms with Crippen molar-refractivity contribution >= 4 is 6.03 Å². The van der Waals surface area contributed by atoms with Crippen molar-refractivity contribution in [2.75, 3.05) is 40.5 Å². The lowest BCUT2D eigenvalue weighted by Gasteiger charge is -2.32. The van der Waals surface area contributed by atoms with Crippen molar-refractivity contribution in [2.45, 2.75) is 25.1 Å². The molecule has 1 aliphatic heterocycles. The number of amides is 2. The minimum atomic E-state index is -0.327. The SMILES string of the molecule is CN(C)CCO[C@@H]1COCC[C@H]1NC(=O)NCc1ccccc1F. The maximum absolute atomic E-state index is 13.6. The number of carbonyl (C=O) groups excluding carboxylic acids is 1. The summed E-state index contributed by atoms with van der Waals surface area (Å²) in [6.07, 6.45) is 0.526. The van der Waals surface area contributed by atoms with Crippen LogP contribution in [0.2, 0.25) is 0 Å². The number of benzene rings is 1. The van der Waals surface area contributed by atoms with Gasteiger partial charge in [-0.2, -0.15) is 0 Å². The van der Waals surface area contributed by atoms with E-state index in [2.05, 4.69) is 10.6 Å². The number of rotatable bonds is 7. The fraction of sp³-hybridized carbons (Fsp3) is 0.588. The van der Waals surface area contributed by atoms with E-state index in [0.29, 0.717) is 31.8 Å². The first-order chi connectivity index (χ1) is 11.6. The van der Waals surface area contributed by atoms with Crippen molar-refractivity contribution in [2.24, 2.45) is 0 Å². The van der Waals surface area contributed by atoms with Gasteiger partial charge in [0, 0.05) is 25.3 Å². The molecule has 134 valence electrons. The zero-order valence-electron chi connectivity index (χ0n) is 14.3. The van der Waals surface area contributed by atoms with E-state index in [-0.39, 0.29) is 30.5 Å². The van der Waals surface area contributed by atoms with Crippen LogP contribution in [0.1, 0.15) is 12.0 Å². The third kappa shape index (κ3) is 6.07. The summed E-state index contributed by atoms with van der Waals surface area (Å²) in [6, 6.07) is 5.95. The van der Waals surface area contributed by atoms with E-state index >= 15 is 0 Å². The van der Waals surface area contributed by atoms with Crippen molar-refractivity contribution < 1.29 is 18.7 Å². The second kappa shape index (κ2) is 9.56. The van der Waals surface area contributed by atoms with Gasteiger partial charge in [-0.25, -0.2) is 9.18 Å². The van der Waals surface area contributed by atoms with Gasteiger partial charge in [0.2, 0.25) is 0 Å². The van der Waals surface area contributed by atoms with E-state index in [0.717, 1.165) is 6.54 Å². The van der Waals surface area contributed by atoms with Crippen molar-refractivity contribution in [1.82, 2.24) is 15.5 Å². The molecule has 0 saturated carbocycles. The van der Waals surface area contributed by atoms with Gasteiger partial charge >= 0.3 is 6.03 Å². The highest BCUT2D eigenvalue weighted by molar-refractivity contribution is 5.74. The summed E-state index contributed by atoms with van der Waals surface area (Å²) < 4.78 is 24.8. The molecule has 1 aromatic rings. The topological polar surface area (TPSA) is 62.8 Å². The third-order valence-corrected chi connectivity index (χ3v) is 3.89. The molecule has 24 heavy (non-hydrogen) atoms. The Kier molecular flexibility index (Phi) is 7.42. The molecule has 0 aromatic heterocycles. The number of nitrogens with zero attached hydrogens (tertiary/aromatic N) is 1. The fourth-order valence-corrected chi connectivity index (χ4v) is 2.46. The standard InChI is InChI=1S/C17H26FN3O3/c1-21(2)8-10-24-16-12-23-9-7-15(16)20-17(22)19-11-13-5-3-4-6-14(13)18/h3-6,15-16H,7-12H2,1-2H3,(H2,19,20,22)/t15-,16-/m1/s1. The van der Waals surface area contributed by atoms with Crippen LogP contribution in [-0.2, 0) is 16.0 Å². The molecule has 2 amide bonds. The Hall–Kier alpha value is -1.70. The quantitative estimate of drug-likeness (QED) is 0.787. The van der Waals surface area contributed by atoms with E-state index in [1.165, 1.54) is 6.07 Å². The molecule has 6 nitrogen and oxygen atoms in total. The average Bonchev–Trinajstić information content (AvgIpc) is 2.55. The number of ether oxygens (including phenoxy) is 2. The smallest absolute Gasteiger partial charge is 0.315 e. The summed E-state index contributed by atoms with van der Waals surface area (Å²) in [6.45, 7) is 2.59. The molecule has 1 heterocycles. The summed E-state index contributed by atoms with van der Waals surface area (Å²) in [5.74, 6) is -0.325. The summed E-state index contributed by atoms with van der Waals surface area (Å²) in [5, 5.41) is 5.59. The zero-order valence-corrected chi connectivity index (χ0v) is 14.3. The molecule has 0 spiro atoms. The summed E-state index contributed by atoms with van der Waals surface area (Å²) >= 11 is 0. The van der Waals surface area contributed by atoms with Crippen LogP contribution in [0.15, 0.2) is 24.3 Å². The van der Waals surface area contributed by atoms with Crippen LogP contribution in [0.25, 0.3) is 0 Å². The Morgan fingerprint density at radius 1 is 1.42 bits per heavy atom. The van der Waals surface area contributed by atoms with Gasteiger partial charge in [-0.15, -0.1) is 0 Å². The molecule has 2 rings (SSSR count). The largest absolute Gasteiger partial charge is 0.379 e. The molecule has 0 unspecified atom stereocenters. The van der Waals surface area contributed by atoms with Gasteiger partial charge in [0.05, 0.1) is 19.3 Å². The monoisotopic (exact) mass is 339 g/mol. The lowest BCUT2D eigenvalue weighted by molar-refractivity contribution is -0.0684. The van der Waals surface area contributed by atoms with Crippen LogP contribution in [0, 0.1) is 5.82 Å². The van der Waals surface area contributed by atoms with E-state index in [1.54, 1.807) is 18.2 Å². The third-order valence-electron chi connectivity index (χ3n) is 3.89. The van der Waals surface area contributed by atoms with Crippen LogP contribution in [0.5, 0.6) is 0 Å². The van der Waals surface area contributed by atoms with Gasteiger partial charge in [-0.3, -0.25) is 0 Å². The molecule has 1 fully saturated rings. The van der Waals surface area contributed by atoms with Gasteiger partial charge < -0.3 is 25.0 Å². The summed E-state index contributed by atoms with van der Waals surface area (Å²) in [7, 11) is 3.96. The number of hydrogen-bond acceptors (Lipinski definition) is 4. The normalized spacial score (nSPS) is 20.8. The molecule has 0 bridgehead atoms. The van der Waals surface area contributed by atoms with Gasteiger partial charge in [0.1, 0.15) is 11.9 Å². The Labute approximate surface area is 142 Å². The number of likely N-dealkylation sites (N-methyl/N-ethyl adjacent to an activating group) is 1. The van der Waals surface area contributed by atoms with Crippen LogP contribution >= 0.6 is 0 Å². The van der Waals surface area contributed by atoms with Crippen molar-refractivity contribution in [3.8, 4) is 0 Å². The lowest BCUT2D eigenvalue weighted by atomic mass is 10.1. The minimum absolute atomic E-state index is 0.110. The molecular weight excluding hydrogens is 313 g/mol. The van der Waals surface area contributed by atoms with Crippen molar-refractivity contribution in [3.05, 3.63) is 35.6 Å². The van der Waals surface area contributed by atoms with Crippen LogP contribution in [0.4, 0.5) is 9.18 Å². The van der Waals surface area contributed by atoms with Crippen molar-refractivity contribution in [1.29, 1.82) is 0 Å². The molecule has 7 heteroatoms. The lowest BCUT2D eigenvalue weighted by Crippen LogP contribution is -2.52. The summed E-state index contributed by atoms with van der Waals surface area (Å²) in [5.41, 5.74) is 0.457.